The van der Waals surface area contributed by atoms with Crippen LogP contribution in [0.4, 0.5) is 18.9 Å². The zero-order valence-electron chi connectivity index (χ0n) is 23.0. The number of methoxy groups -OCH3 is 1. The molecule has 0 radical (unpaired) electrons. The van der Waals surface area contributed by atoms with Crippen LogP contribution in [0.5, 0.6) is 11.5 Å². The molecule has 1 atom stereocenters. The zero-order chi connectivity index (χ0) is 30.1. The molecule has 0 aromatic heterocycles. The lowest BCUT2D eigenvalue weighted by atomic mass is 9.75. The highest BCUT2D eigenvalue weighted by Crippen LogP contribution is 2.44. The Kier molecular flexibility index (Phi) is 8.38. The van der Waals surface area contributed by atoms with Gasteiger partial charge >= 0.3 is 12.6 Å². The number of halogens is 3. The van der Waals surface area contributed by atoms with E-state index in [-0.39, 0.29) is 40.6 Å². The number of alkyl halides is 2. The molecule has 0 unspecified atom stereocenters. The molecule has 8 nitrogen and oxygen atoms in total. The molecule has 0 N–H and O–H groups in total. The number of hydrogen-bond donors (Lipinski definition) is 0. The average Bonchev–Trinajstić information content (AvgIpc) is 2.96. The lowest BCUT2D eigenvalue weighted by Gasteiger charge is -2.41. The summed E-state index contributed by atoms with van der Waals surface area (Å²) in [6.45, 7) is -0.764. The van der Waals surface area contributed by atoms with E-state index >= 15 is 0 Å². The van der Waals surface area contributed by atoms with Crippen molar-refractivity contribution in [1.82, 2.24) is 0 Å². The Labute approximate surface area is 242 Å². The Balaban J connectivity index is 1.58. The van der Waals surface area contributed by atoms with E-state index in [9.17, 15) is 26.4 Å². The minimum Gasteiger partial charge on any atom is -0.486 e. The summed E-state index contributed by atoms with van der Waals surface area (Å²) in [5.74, 6) is -1.34. The van der Waals surface area contributed by atoms with Crippen LogP contribution in [0.1, 0.15) is 24.8 Å². The first-order valence-corrected chi connectivity index (χ1v) is 14.8. The molecular weight excluding hydrogens is 575 g/mol. The van der Waals surface area contributed by atoms with Crippen LogP contribution in [-0.4, -0.2) is 54.0 Å². The second-order valence-corrected chi connectivity index (χ2v) is 12.3. The third kappa shape index (κ3) is 6.05. The summed E-state index contributed by atoms with van der Waals surface area (Å²) in [4.78, 5) is 13.0. The van der Waals surface area contributed by atoms with E-state index in [1.54, 1.807) is 37.3 Å². The van der Waals surface area contributed by atoms with Crippen molar-refractivity contribution in [2.75, 3.05) is 31.2 Å². The number of carbonyl (C=O) groups is 1. The van der Waals surface area contributed by atoms with Gasteiger partial charge in [0.1, 0.15) is 23.4 Å². The highest BCUT2D eigenvalue weighted by Gasteiger charge is 2.46. The summed E-state index contributed by atoms with van der Waals surface area (Å²) in [6.07, 6.45) is 0.291. The van der Waals surface area contributed by atoms with Crippen LogP contribution in [0.15, 0.2) is 65.6 Å². The number of hydrogen-bond acceptors (Lipinski definition) is 7. The SMILES string of the molecule is COC(=O)C1(C[C@H]2CN(S(=O)(=O)c3cccc(C)c3)c3cc(-c4cc(F)cc(OC(F)F)c4)ccc3O2)CCOCC1. The van der Waals surface area contributed by atoms with E-state index in [0.29, 0.717) is 31.6 Å². The van der Waals surface area contributed by atoms with Gasteiger partial charge in [-0.2, -0.15) is 8.78 Å². The summed E-state index contributed by atoms with van der Waals surface area (Å²) in [7, 11) is -2.82. The van der Waals surface area contributed by atoms with Gasteiger partial charge in [0.15, 0.2) is 0 Å². The minimum absolute atomic E-state index is 0.0617. The molecule has 1 fully saturated rings. The highest BCUT2D eigenvalue weighted by atomic mass is 32.2. The van der Waals surface area contributed by atoms with Gasteiger partial charge < -0.3 is 18.9 Å². The maximum absolute atomic E-state index is 14.3. The Morgan fingerprint density at radius 2 is 1.83 bits per heavy atom. The standard InChI is InChI=1S/C30H30F3NO7S/c1-19-4-3-5-25(12-19)42(36,37)34-18-24(17-30(28(35)38-2)8-10-39-11-9-30)40-27-7-6-20(15-26(27)34)21-13-22(31)16-23(14-21)41-29(32)33/h3-7,12-16,24,29H,8-11,17-18H2,1-2H3/t24-/m0/s1. The highest BCUT2D eigenvalue weighted by molar-refractivity contribution is 7.92. The molecule has 3 aromatic carbocycles. The number of rotatable bonds is 8. The molecule has 3 aromatic rings. The van der Waals surface area contributed by atoms with E-state index in [1.165, 1.54) is 29.6 Å². The fourth-order valence-corrected chi connectivity index (χ4v) is 7.14. The van der Waals surface area contributed by atoms with Gasteiger partial charge in [-0.15, -0.1) is 0 Å². The zero-order valence-corrected chi connectivity index (χ0v) is 23.8. The average molecular weight is 606 g/mol. The number of anilines is 1. The molecule has 2 aliphatic rings. The molecule has 1 saturated heterocycles. The van der Waals surface area contributed by atoms with Crippen LogP contribution >= 0.6 is 0 Å². The predicted molar refractivity (Wildman–Crippen MR) is 148 cm³/mol. The molecule has 0 bridgehead atoms. The van der Waals surface area contributed by atoms with Crippen LogP contribution < -0.4 is 13.8 Å². The van der Waals surface area contributed by atoms with Crippen molar-refractivity contribution in [3.05, 3.63) is 72.0 Å². The maximum Gasteiger partial charge on any atom is 0.387 e. The van der Waals surface area contributed by atoms with Crippen molar-refractivity contribution in [2.45, 2.75) is 43.8 Å². The molecule has 42 heavy (non-hydrogen) atoms. The smallest absolute Gasteiger partial charge is 0.387 e. The normalized spacial score (nSPS) is 18.2. The summed E-state index contributed by atoms with van der Waals surface area (Å²) < 4.78 is 90.6. The number of nitrogens with zero attached hydrogens (tertiary/aromatic N) is 1. The van der Waals surface area contributed by atoms with Gasteiger partial charge in [0.2, 0.25) is 0 Å². The van der Waals surface area contributed by atoms with Crippen molar-refractivity contribution in [3.8, 4) is 22.6 Å². The number of fused-ring (bicyclic) bond motifs is 1. The molecule has 5 rings (SSSR count). The third-order valence-electron chi connectivity index (χ3n) is 7.58. The molecule has 224 valence electrons. The number of carbonyl (C=O) groups excluding carboxylic acids is 1. The predicted octanol–water partition coefficient (Wildman–Crippen LogP) is 5.72. The molecule has 0 amide bonds. The van der Waals surface area contributed by atoms with Crippen LogP contribution in [0.2, 0.25) is 0 Å². The van der Waals surface area contributed by atoms with Crippen molar-refractivity contribution in [3.63, 3.8) is 0 Å². The lowest BCUT2D eigenvalue weighted by Crippen LogP contribution is -2.48. The fraction of sp³-hybridized carbons (Fsp3) is 0.367. The van der Waals surface area contributed by atoms with Gasteiger partial charge in [-0.05, 0) is 72.9 Å². The lowest BCUT2D eigenvalue weighted by molar-refractivity contribution is -0.161. The Morgan fingerprint density at radius 3 is 2.52 bits per heavy atom. The molecule has 0 aliphatic carbocycles. The Morgan fingerprint density at radius 1 is 1.07 bits per heavy atom. The van der Waals surface area contributed by atoms with Crippen LogP contribution in [0.25, 0.3) is 11.1 Å². The van der Waals surface area contributed by atoms with E-state index in [0.717, 1.165) is 17.7 Å². The summed E-state index contributed by atoms with van der Waals surface area (Å²) in [6, 6.07) is 14.3. The van der Waals surface area contributed by atoms with Gasteiger partial charge in [-0.1, -0.05) is 18.2 Å². The number of aryl methyl sites for hydroxylation is 1. The van der Waals surface area contributed by atoms with E-state index in [4.69, 9.17) is 14.2 Å². The second-order valence-electron chi connectivity index (χ2n) is 10.4. The summed E-state index contributed by atoms with van der Waals surface area (Å²) >= 11 is 0. The number of ether oxygens (including phenoxy) is 4. The summed E-state index contributed by atoms with van der Waals surface area (Å²) in [5.41, 5.74) is 0.582. The van der Waals surface area contributed by atoms with Crippen LogP contribution in [0.3, 0.4) is 0 Å². The van der Waals surface area contributed by atoms with Crippen molar-refractivity contribution in [1.29, 1.82) is 0 Å². The maximum atomic E-state index is 14.3. The quantitative estimate of drug-likeness (QED) is 0.304. The topological polar surface area (TPSA) is 91.4 Å². The van der Waals surface area contributed by atoms with Crippen molar-refractivity contribution in [2.24, 2.45) is 5.41 Å². The molecule has 12 heteroatoms. The number of benzene rings is 3. The second kappa shape index (κ2) is 11.8. The number of esters is 1. The largest absolute Gasteiger partial charge is 0.486 e. The van der Waals surface area contributed by atoms with Crippen molar-refractivity contribution >= 4 is 21.7 Å². The first-order chi connectivity index (χ1) is 20.0. The summed E-state index contributed by atoms with van der Waals surface area (Å²) in [5, 5.41) is 0. The minimum atomic E-state index is -4.13. The fourth-order valence-electron chi connectivity index (χ4n) is 5.53. The Hall–Kier alpha value is -3.77. The van der Waals surface area contributed by atoms with Gasteiger partial charge in [0.05, 0.1) is 29.7 Å². The molecule has 0 saturated carbocycles. The van der Waals surface area contributed by atoms with E-state index < -0.39 is 39.9 Å². The van der Waals surface area contributed by atoms with E-state index in [1.807, 2.05) is 0 Å². The monoisotopic (exact) mass is 605 g/mol. The number of sulfonamides is 1. The van der Waals surface area contributed by atoms with Gasteiger partial charge in [0, 0.05) is 25.7 Å². The third-order valence-corrected chi connectivity index (χ3v) is 9.36. The molecule has 2 aliphatic heterocycles. The van der Waals surface area contributed by atoms with Crippen LogP contribution in [0, 0.1) is 18.2 Å². The first-order valence-electron chi connectivity index (χ1n) is 13.3. The molecule has 0 spiro atoms. The first kappa shape index (κ1) is 29.7. The molecule has 2 heterocycles. The van der Waals surface area contributed by atoms with Gasteiger partial charge in [0.25, 0.3) is 10.0 Å². The van der Waals surface area contributed by atoms with Crippen LogP contribution in [-0.2, 0) is 24.3 Å². The van der Waals surface area contributed by atoms with Crippen molar-refractivity contribution < 1.29 is 45.3 Å². The molecular formula is C30H30F3NO7S. The van der Waals surface area contributed by atoms with Gasteiger partial charge in [-0.25, -0.2) is 12.8 Å². The Bertz CT molecular complexity index is 1570. The van der Waals surface area contributed by atoms with Gasteiger partial charge in [-0.3, -0.25) is 9.10 Å². The van der Waals surface area contributed by atoms with E-state index in [2.05, 4.69) is 4.74 Å².